The Labute approximate surface area is 119 Å². The molecule has 18 heavy (non-hydrogen) atoms. The van der Waals surface area contributed by atoms with E-state index in [1.807, 2.05) is 12.1 Å². The Morgan fingerprint density at radius 1 is 1.33 bits per heavy atom. The molecule has 0 aromatic heterocycles. The average Bonchev–Trinajstić information content (AvgIpc) is 2.86. The zero-order chi connectivity index (χ0) is 13.1. The van der Waals surface area contributed by atoms with Gasteiger partial charge >= 0.3 is 0 Å². The molecule has 2 nitrogen and oxygen atoms in total. The van der Waals surface area contributed by atoms with Gasteiger partial charge in [-0.3, -0.25) is 4.90 Å². The molecule has 1 atom stereocenters. The zero-order valence-electron chi connectivity index (χ0n) is 10.7. The first kappa shape index (κ1) is 14.1. The third-order valence-electron chi connectivity index (χ3n) is 3.94. The van der Waals surface area contributed by atoms with Crippen molar-refractivity contribution in [3.8, 4) is 0 Å². The molecule has 1 saturated carbocycles. The van der Waals surface area contributed by atoms with E-state index in [9.17, 15) is 0 Å². The molecule has 0 radical (unpaired) electrons. The van der Waals surface area contributed by atoms with Gasteiger partial charge in [-0.25, -0.2) is 0 Å². The van der Waals surface area contributed by atoms with Gasteiger partial charge < -0.3 is 5.73 Å². The average molecular weight is 287 g/mol. The molecule has 1 fully saturated rings. The lowest BCUT2D eigenvalue weighted by Gasteiger charge is -2.33. The summed E-state index contributed by atoms with van der Waals surface area (Å²) in [6.45, 7) is 0.578. The van der Waals surface area contributed by atoms with Gasteiger partial charge in [-0.2, -0.15) is 0 Å². The molecule has 0 bridgehead atoms. The van der Waals surface area contributed by atoms with E-state index < -0.39 is 0 Å². The molecule has 0 heterocycles. The van der Waals surface area contributed by atoms with Crippen molar-refractivity contribution in [1.29, 1.82) is 0 Å². The van der Waals surface area contributed by atoms with E-state index in [1.54, 1.807) is 6.07 Å². The lowest BCUT2D eigenvalue weighted by atomic mass is 10.0. The summed E-state index contributed by atoms with van der Waals surface area (Å²) in [6, 6.07) is 6.48. The fourth-order valence-electron chi connectivity index (χ4n) is 2.85. The van der Waals surface area contributed by atoms with Crippen molar-refractivity contribution in [3.63, 3.8) is 0 Å². The number of hydrogen-bond donors (Lipinski definition) is 1. The third kappa shape index (κ3) is 3.00. The van der Waals surface area contributed by atoms with Gasteiger partial charge in [-0.15, -0.1) is 0 Å². The molecule has 0 aliphatic heterocycles. The topological polar surface area (TPSA) is 29.3 Å². The van der Waals surface area contributed by atoms with Gasteiger partial charge in [0.05, 0.1) is 0 Å². The van der Waals surface area contributed by atoms with E-state index in [1.165, 1.54) is 25.7 Å². The van der Waals surface area contributed by atoms with Gasteiger partial charge in [0.15, 0.2) is 0 Å². The number of nitrogens with two attached hydrogens (primary N) is 1. The van der Waals surface area contributed by atoms with Crippen molar-refractivity contribution in [2.45, 2.75) is 37.8 Å². The van der Waals surface area contributed by atoms with E-state index in [0.29, 0.717) is 22.6 Å². The quantitative estimate of drug-likeness (QED) is 0.911. The fourth-order valence-corrected chi connectivity index (χ4v) is 3.38. The smallest absolute Gasteiger partial charge is 0.0485 e. The molecular formula is C14H20Cl2N2. The van der Waals surface area contributed by atoms with Crippen LogP contribution in [0, 0.1) is 0 Å². The Morgan fingerprint density at radius 2 is 2.00 bits per heavy atom. The van der Waals surface area contributed by atoms with Crippen molar-refractivity contribution in [3.05, 3.63) is 33.8 Å². The predicted molar refractivity (Wildman–Crippen MR) is 78.3 cm³/mol. The lowest BCUT2D eigenvalue weighted by Crippen LogP contribution is -2.37. The number of nitrogens with zero attached hydrogens (tertiary/aromatic N) is 1. The van der Waals surface area contributed by atoms with Crippen molar-refractivity contribution in [2.75, 3.05) is 13.6 Å². The summed E-state index contributed by atoms with van der Waals surface area (Å²) in [5.41, 5.74) is 7.03. The van der Waals surface area contributed by atoms with Crippen LogP contribution >= 0.6 is 23.2 Å². The second kappa shape index (κ2) is 6.25. The van der Waals surface area contributed by atoms with Gasteiger partial charge in [0, 0.05) is 28.7 Å². The van der Waals surface area contributed by atoms with E-state index >= 15 is 0 Å². The molecule has 1 aliphatic rings. The van der Waals surface area contributed by atoms with E-state index in [2.05, 4.69) is 11.9 Å². The Bertz CT molecular complexity index is 403. The summed E-state index contributed by atoms with van der Waals surface area (Å²) in [7, 11) is 2.15. The van der Waals surface area contributed by atoms with Gasteiger partial charge in [0.1, 0.15) is 0 Å². The first-order valence-electron chi connectivity index (χ1n) is 6.50. The second-order valence-electron chi connectivity index (χ2n) is 5.02. The van der Waals surface area contributed by atoms with Gasteiger partial charge in [-0.1, -0.05) is 42.1 Å². The monoisotopic (exact) mass is 286 g/mol. The van der Waals surface area contributed by atoms with E-state index in [4.69, 9.17) is 28.9 Å². The van der Waals surface area contributed by atoms with Gasteiger partial charge in [0.2, 0.25) is 0 Å². The lowest BCUT2D eigenvalue weighted by molar-refractivity contribution is 0.179. The first-order valence-corrected chi connectivity index (χ1v) is 7.26. The summed E-state index contributed by atoms with van der Waals surface area (Å²) in [4.78, 5) is 2.38. The highest BCUT2D eigenvalue weighted by Crippen LogP contribution is 2.33. The third-order valence-corrected chi connectivity index (χ3v) is 4.50. The van der Waals surface area contributed by atoms with Crippen molar-refractivity contribution in [2.24, 2.45) is 5.73 Å². The molecule has 1 aromatic carbocycles. The Morgan fingerprint density at radius 3 is 2.56 bits per heavy atom. The molecule has 0 spiro atoms. The standard InChI is InChI=1S/C14H20Cl2N2/c1-18(11-4-2-3-5-11)14(9-17)12-7-6-10(15)8-13(12)16/h6-8,11,14H,2-5,9,17H2,1H3. The van der Waals surface area contributed by atoms with Gasteiger partial charge in [0.25, 0.3) is 0 Å². The molecule has 2 rings (SSSR count). The molecule has 2 N–H and O–H groups in total. The summed E-state index contributed by atoms with van der Waals surface area (Å²) in [5, 5.41) is 1.38. The zero-order valence-corrected chi connectivity index (χ0v) is 12.2. The van der Waals surface area contributed by atoms with Crippen LogP contribution in [0.2, 0.25) is 10.0 Å². The fraction of sp³-hybridized carbons (Fsp3) is 0.571. The number of likely N-dealkylation sites (N-methyl/N-ethyl adjacent to an activating group) is 1. The molecular weight excluding hydrogens is 267 g/mol. The van der Waals surface area contributed by atoms with Crippen LogP contribution in [0.1, 0.15) is 37.3 Å². The van der Waals surface area contributed by atoms with E-state index in [0.717, 1.165) is 5.56 Å². The van der Waals surface area contributed by atoms with Crippen LogP contribution < -0.4 is 5.73 Å². The maximum atomic E-state index is 6.29. The summed E-state index contributed by atoms with van der Waals surface area (Å²) in [5.74, 6) is 0. The van der Waals surface area contributed by atoms with Crippen molar-refractivity contribution in [1.82, 2.24) is 4.90 Å². The maximum absolute atomic E-state index is 6.29. The van der Waals surface area contributed by atoms with Crippen molar-refractivity contribution >= 4 is 23.2 Å². The van der Waals surface area contributed by atoms with Crippen LogP contribution in [0.15, 0.2) is 18.2 Å². The Kier molecular flexibility index (Phi) is 4.91. The molecule has 1 aliphatic carbocycles. The number of rotatable bonds is 4. The SMILES string of the molecule is CN(C1CCCC1)C(CN)c1ccc(Cl)cc1Cl. The highest BCUT2D eigenvalue weighted by Gasteiger charge is 2.26. The van der Waals surface area contributed by atoms with Crippen LogP contribution in [0.4, 0.5) is 0 Å². The van der Waals surface area contributed by atoms with Crippen LogP contribution in [-0.4, -0.2) is 24.5 Å². The molecule has 0 amide bonds. The minimum absolute atomic E-state index is 0.179. The highest BCUT2D eigenvalue weighted by atomic mass is 35.5. The van der Waals surface area contributed by atoms with Crippen molar-refractivity contribution < 1.29 is 0 Å². The molecule has 4 heteroatoms. The molecule has 100 valence electrons. The number of benzene rings is 1. The predicted octanol–water partition coefficient (Wildman–Crippen LogP) is 3.87. The minimum Gasteiger partial charge on any atom is -0.329 e. The molecule has 0 saturated heterocycles. The molecule has 1 unspecified atom stereocenters. The first-order chi connectivity index (χ1) is 8.63. The van der Waals surface area contributed by atoms with Crippen LogP contribution in [-0.2, 0) is 0 Å². The van der Waals surface area contributed by atoms with Crippen LogP contribution in [0.3, 0.4) is 0 Å². The highest BCUT2D eigenvalue weighted by molar-refractivity contribution is 6.35. The Hall–Kier alpha value is -0.280. The normalized spacial score (nSPS) is 18.5. The van der Waals surface area contributed by atoms with Crippen LogP contribution in [0.5, 0.6) is 0 Å². The minimum atomic E-state index is 0.179. The second-order valence-corrected chi connectivity index (χ2v) is 5.86. The van der Waals surface area contributed by atoms with E-state index in [-0.39, 0.29) is 6.04 Å². The summed E-state index contributed by atoms with van der Waals surface area (Å²) >= 11 is 12.2. The van der Waals surface area contributed by atoms with Gasteiger partial charge in [-0.05, 0) is 37.6 Å². The molecule has 1 aromatic rings. The summed E-state index contributed by atoms with van der Waals surface area (Å²) < 4.78 is 0. The maximum Gasteiger partial charge on any atom is 0.0485 e. The largest absolute Gasteiger partial charge is 0.329 e. The number of halogens is 2. The summed E-state index contributed by atoms with van der Waals surface area (Å²) in [6.07, 6.45) is 5.16. The Balaban J connectivity index is 2.21. The van der Waals surface area contributed by atoms with Crippen LogP contribution in [0.25, 0.3) is 0 Å². The number of hydrogen-bond acceptors (Lipinski definition) is 2.